The summed E-state index contributed by atoms with van der Waals surface area (Å²) in [6, 6.07) is 0. The molecule has 26 heavy (non-hydrogen) atoms. The number of ether oxygens (including phenoxy) is 1. The standard InChI is InChI=1S/C22H32O4/c1-13(23)26-15-8-10-21(2)14(12-15)4-5-16-17-6-7-19(20(24)25)22(17,3)11-9-18(16)21/h4,15-19H,5-12H2,1-3H3,(H,24,25)/t15-,16?,17?,18?,19?,21-,22-/m0/s1. The molecule has 0 aromatic rings. The molecular formula is C22H32O4. The van der Waals surface area contributed by atoms with Gasteiger partial charge in [-0.2, -0.15) is 0 Å². The molecule has 4 nitrogen and oxygen atoms in total. The number of rotatable bonds is 2. The highest BCUT2D eigenvalue weighted by molar-refractivity contribution is 5.71. The Bertz CT molecular complexity index is 653. The molecule has 0 aromatic heterocycles. The maximum absolute atomic E-state index is 11.8. The quantitative estimate of drug-likeness (QED) is 0.578. The van der Waals surface area contributed by atoms with Gasteiger partial charge in [0.2, 0.25) is 0 Å². The van der Waals surface area contributed by atoms with Gasteiger partial charge in [-0.3, -0.25) is 9.59 Å². The Morgan fingerprint density at radius 1 is 1.12 bits per heavy atom. The number of hydrogen-bond acceptors (Lipinski definition) is 3. The molecule has 4 unspecified atom stereocenters. The molecule has 7 atom stereocenters. The zero-order valence-corrected chi connectivity index (χ0v) is 16.3. The van der Waals surface area contributed by atoms with Crippen molar-refractivity contribution in [3.8, 4) is 0 Å². The second-order valence-corrected chi connectivity index (χ2v) is 9.75. The van der Waals surface area contributed by atoms with Crippen molar-refractivity contribution in [1.82, 2.24) is 0 Å². The highest BCUT2D eigenvalue weighted by atomic mass is 16.5. The lowest BCUT2D eigenvalue weighted by atomic mass is 9.47. The molecular weight excluding hydrogens is 328 g/mol. The number of aliphatic carboxylic acids is 1. The number of hydrogen-bond donors (Lipinski definition) is 1. The topological polar surface area (TPSA) is 63.6 Å². The number of esters is 1. The minimum absolute atomic E-state index is 0.0242. The fourth-order valence-corrected chi connectivity index (χ4v) is 7.37. The first kappa shape index (κ1) is 18.1. The van der Waals surface area contributed by atoms with Gasteiger partial charge in [0.15, 0.2) is 0 Å². The lowest BCUT2D eigenvalue weighted by Gasteiger charge is -2.57. The van der Waals surface area contributed by atoms with Gasteiger partial charge in [-0.1, -0.05) is 25.5 Å². The van der Waals surface area contributed by atoms with Crippen LogP contribution in [-0.2, 0) is 14.3 Å². The predicted molar refractivity (Wildman–Crippen MR) is 98.4 cm³/mol. The predicted octanol–water partition coefficient (Wildman–Crippen LogP) is 4.58. The summed E-state index contributed by atoms with van der Waals surface area (Å²) in [5.74, 6) is 0.901. The van der Waals surface area contributed by atoms with Crippen LogP contribution in [0.1, 0.15) is 72.1 Å². The van der Waals surface area contributed by atoms with Gasteiger partial charge in [-0.05, 0) is 73.5 Å². The van der Waals surface area contributed by atoms with E-state index in [9.17, 15) is 14.7 Å². The van der Waals surface area contributed by atoms with Crippen LogP contribution in [0.2, 0.25) is 0 Å². The molecule has 3 saturated carbocycles. The summed E-state index contributed by atoms with van der Waals surface area (Å²) >= 11 is 0. The molecule has 1 N–H and O–H groups in total. The van der Waals surface area contributed by atoms with Crippen molar-refractivity contribution in [1.29, 1.82) is 0 Å². The fraction of sp³-hybridized carbons (Fsp3) is 0.818. The van der Waals surface area contributed by atoms with Crippen molar-refractivity contribution in [3.63, 3.8) is 0 Å². The monoisotopic (exact) mass is 360 g/mol. The zero-order valence-electron chi connectivity index (χ0n) is 16.3. The molecule has 4 aliphatic carbocycles. The second kappa shape index (κ2) is 6.10. The molecule has 144 valence electrons. The lowest BCUT2D eigenvalue weighted by molar-refractivity contribution is -0.151. The molecule has 0 spiro atoms. The summed E-state index contributed by atoms with van der Waals surface area (Å²) in [5, 5.41) is 9.70. The molecule has 0 saturated heterocycles. The molecule has 0 bridgehead atoms. The van der Waals surface area contributed by atoms with Crippen molar-refractivity contribution >= 4 is 11.9 Å². The normalized spacial score (nSPS) is 47.2. The Labute approximate surface area is 156 Å². The molecule has 0 aromatic carbocycles. The number of fused-ring (bicyclic) bond motifs is 5. The highest BCUT2D eigenvalue weighted by Crippen LogP contribution is 2.66. The van der Waals surface area contributed by atoms with Crippen molar-refractivity contribution in [2.75, 3.05) is 0 Å². The molecule has 0 amide bonds. The van der Waals surface area contributed by atoms with Crippen molar-refractivity contribution < 1.29 is 19.4 Å². The fourth-order valence-electron chi connectivity index (χ4n) is 7.37. The van der Waals surface area contributed by atoms with Crippen LogP contribution in [-0.4, -0.2) is 23.1 Å². The van der Waals surface area contributed by atoms with Crippen LogP contribution in [0.4, 0.5) is 0 Å². The second-order valence-electron chi connectivity index (χ2n) is 9.75. The Hall–Kier alpha value is -1.32. The summed E-state index contributed by atoms with van der Waals surface area (Å²) < 4.78 is 5.50. The molecule has 0 radical (unpaired) electrons. The van der Waals surface area contributed by atoms with Crippen LogP contribution in [0.15, 0.2) is 11.6 Å². The van der Waals surface area contributed by atoms with Crippen LogP contribution in [0.5, 0.6) is 0 Å². The van der Waals surface area contributed by atoms with E-state index in [-0.39, 0.29) is 28.8 Å². The van der Waals surface area contributed by atoms with Gasteiger partial charge >= 0.3 is 11.9 Å². The van der Waals surface area contributed by atoms with Gasteiger partial charge in [-0.15, -0.1) is 0 Å². The van der Waals surface area contributed by atoms with E-state index in [2.05, 4.69) is 19.9 Å². The van der Waals surface area contributed by atoms with Crippen LogP contribution < -0.4 is 0 Å². The largest absolute Gasteiger partial charge is 0.481 e. The van der Waals surface area contributed by atoms with E-state index in [1.54, 1.807) is 0 Å². The summed E-state index contributed by atoms with van der Waals surface area (Å²) in [4.78, 5) is 23.1. The average Bonchev–Trinajstić information content (AvgIpc) is 2.92. The molecule has 4 aliphatic rings. The molecule has 0 aliphatic heterocycles. The summed E-state index contributed by atoms with van der Waals surface area (Å²) in [7, 11) is 0. The summed E-state index contributed by atoms with van der Waals surface area (Å²) in [6.07, 6.45) is 10.6. The number of allylic oxidation sites excluding steroid dienone is 1. The lowest BCUT2D eigenvalue weighted by Crippen LogP contribution is -2.51. The van der Waals surface area contributed by atoms with Gasteiger partial charge in [0.05, 0.1) is 5.92 Å². The minimum Gasteiger partial charge on any atom is -0.481 e. The third kappa shape index (κ3) is 2.55. The highest BCUT2D eigenvalue weighted by Gasteiger charge is 2.60. The van der Waals surface area contributed by atoms with Gasteiger partial charge < -0.3 is 9.84 Å². The van der Waals surface area contributed by atoms with Crippen LogP contribution in [0.3, 0.4) is 0 Å². The Morgan fingerprint density at radius 2 is 1.88 bits per heavy atom. The number of carboxylic acids is 1. The first-order chi connectivity index (χ1) is 12.3. The van der Waals surface area contributed by atoms with E-state index in [1.165, 1.54) is 12.5 Å². The van der Waals surface area contributed by atoms with Gasteiger partial charge in [0.25, 0.3) is 0 Å². The summed E-state index contributed by atoms with van der Waals surface area (Å²) in [5.41, 5.74) is 1.68. The third-order valence-corrected chi connectivity index (χ3v) is 8.69. The number of carbonyl (C=O) groups excluding carboxylic acids is 1. The smallest absolute Gasteiger partial charge is 0.307 e. The number of carboxylic acid groups (broad SMARTS) is 1. The molecule has 4 heteroatoms. The Balaban J connectivity index is 1.59. The molecule has 3 fully saturated rings. The minimum atomic E-state index is -0.589. The van der Waals surface area contributed by atoms with E-state index >= 15 is 0 Å². The van der Waals surface area contributed by atoms with E-state index in [1.807, 2.05) is 0 Å². The van der Waals surface area contributed by atoms with Crippen molar-refractivity contribution in [3.05, 3.63) is 11.6 Å². The Kier molecular flexibility index (Phi) is 4.24. The third-order valence-electron chi connectivity index (χ3n) is 8.69. The molecule has 0 heterocycles. The van der Waals surface area contributed by atoms with Crippen LogP contribution in [0, 0.1) is 34.5 Å². The maximum atomic E-state index is 11.8. The zero-order chi connectivity index (χ0) is 18.7. The first-order valence-corrected chi connectivity index (χ1v) is 10.4. The average molecular weight is 360 g/mol. The van der Waals surface area contributed by atoms with E-state index in [4.69, 9.17) is 4.74 Å². The number of carbonyl (C=O) groups is 2. The van der Waals surface area contributed by atoms with Crippen LogP contribution in [0.25, 0.3) is 0 Å². The van der Waals surface area contributed by atoms with Crippen LogP contribution >= 0.6 is 0 Å². The van der Waals surface area contributed by atoms with Crippen molar-refractivity contribution in [2.24, 2.45) is 34.5 Å². The van der Waals surface area contributed by atoms with Crippen molar-refractivity contribution in [2.45, 2.75) is 78.2 Å². The first-order valence-electron chi connectivity index (χ1n) is 10.4. The van der Waals surface area contributed by atoms with Gasteiger partial charge in [-0.25, -0.2) is 0 Å². The van der Waals surface area contributed by atoms with E-state index < -0.39 is 5.97 Å². The van der Waals surface area contributed by atoms with Gasteiger partial charge in [0.1, 0.15) is 6.10 Å². The Morgan fingerprint density at radius 3 is 2.58 bits per heavy atom. The maximum Gasteiger partial charge on any atom is 0.307 e. The summed E-state index contributed by atoms with van der Waals surface area (Å²) in [6.45, 7) is 6.17. The van der Waals surface area contributed by atoms with Gasteiger partial charge in [0, 0.05) is 13.3 Å². The SMILES string of the molecule is CC(=O)O[C@H]1CC[C@@]2(C)C(=CCC3C4CCC(C(=O)O)[C@@]4(C)CCC32)C1. The van der Waals surface area contributed by atoms with E-state index in [0.717, 1.165) is 51.4 Å². The van der Waals surface area contributed by atoms with E-state index in [0.29, 0.717) is 17.8 Å². The molecule has 4 rings (SSSR count).